The summed E-state index contributed by atoms with van der Waals surface area (Å²) in [5.74, 6) is -0.916. The van der Waals surface area contributed by atoms with Crippen LogP contribution in [0.25, 0.3) is 0 Å². The van der Waals surface area contributed by atoms with Gasteiger partial charge in [0.05, 0.1) is 25.7 Å². The Labute approximate surface area is 213 Å². The molecule has 0 spiro atoms. The van der Waals surface area contributed by atoms with Gasteiger partial charge in [0.2, 0.25) is 0 Å². The molecule has 1 amide bonds. The first-order chi connectivity index (χ1) is 17.5. The number of rotatable bonds is 12. The van der Waals surface area contributed by atoms with Crippen LogP contribution in [0.2, 0.25) is 0 Å². The van der Waals surface area contributed by atoms with E-state index in [4.69, 9.17) is 9.57 Å². The maximum atomic E-state index is 13.3. The minimum atomic E-state index is -0.828. The predicted molar refractivity (Wildman–Crippen MR) is 136 cm³/mol. The third kappa shape index (κ3) is 6.05. The number of hydroxylamine groups is 2. The number of hydrogen-bond donors (Lipinski definition) is 1. The lowest BCUT2D eigenvalue weighted by atomic mass is 9.83. The standard InChI is InChI=1S/C28H37N3O5/c1-3-14-31(36-15-4-2)26(32)19-30-18-23(20-8-11-25-21(17-20)12-16-35-25)27(28(33)34)24(30)10-9-22-7-5-6-13-29-22/h5-8,11,13,17,23-24,27H,3-4,9-10,12,14-16,18-19H2,1-2H3,(H,33,34)/t23-,24+,27?/m1/s1. The van der Waals surface area contributed by atoms with Crippen molar-refractivity contribution in [2.75, 3.05) is 32.8 Å². The number of carboxylic acids is 1. The van der Waals surface area contributed by atoms with Crippen molar-refractivity contribution in [1.82, 2.24) is 14.9 Å². The number of likely N-dealkylation sites (tertiary alicyclic amines) is 1. The molecule has 0 radical (unpaired) electrons. The average Bonchev–Trinajstić information content (AvgIpc) is 3.50. The van der Waals surface area contributed by atoms with E-state index in [0.717, 1.165) is 41.8 Å². The highest BCUT2D eigenvalue weighted by atomic mass is 16.7. The van der Waals surface area contributed by atoms with Gasteiger partial charge in [0.1, 0.15) is 5.75 Å². The Morgan fingerprint density at radius 1 is 1.22 bits per heavy atom. The second kappa shape index (κ2) is 12.3. The summed E-state index contributed by atoms with van der Waals surface area (Å²) in [5.41, 5.74) is 3.04. The summed E-state index contributed by atoms with van der Waals surface area (Å²) in [7, 11) is 0. The third-order valence-corrected chi connectivity index (χ3v) is 7.09. The highest BCUT2D eigenvalue weighted by molar-refractivity contribution is 5.78. The quantitative estimate of drug-likeness (QED) is 0.449. The highest BCUT2D eigenvalue weighted by Gasteiger charge is 2.47. The Hall–Kier alpha value is -2.97. The number of aryl methyl sites for hydroxylation is 1. The van der Waals surface area contributed by atoms with E-state index in [-0.39, 0.29) is 24.4 Å². The number of aromatic nitrogens is 1. The summed E-state index contributed by atoms with van der Waals surface area (Å²) in [5, 5.41) is 11.8. The van der Waals surface area contributed by atoms with E-state index in [1.54, 1.807) is 6.20 Å². The molecule has 1 N–H and O–H groups in total. The van der Waals surface area contributed by atoms with Crippen LogP contribution in [0.3, 0.4) is 0 Å². The van der Waals surface area contributed by atoms with Crippen LogP contribution in [0.4, 0.5) is 0 Å². The SMILES string of the molecule is CCCON(CCC)C(=O)CN1C[C@H](c2ccc3c(c2)CCO3)C(C(=O)O)[C@@H]1CCc1ccccn1. The number of pyridine rings is 1. The van der Waals surface area contributed by atoms with Crippen LogP contribution in [-0.4, -0.2) is 70.8 Å². The van der Waals surface area contributed by atoms with Gasteiger partial charge in [-0.3, -0.25) is 24.3 Å². The van der Waals surface area contributed by atoms with Crippen LogP contribution in [0.15, 0.2) is 42.6 Å². The first-order valence-electron chi connectivity index (χ1n) is 13.1. The molecule has 0 saturated carbocycles. The van der Waals surface area contributed by atoms with E-state index in [1.165, 1.54) is 5.06 Å². The average molecular weight is 496 g/mol. The minimum absolute atomic E-state index is 0.125. The van der Waals surface area contributed by atoms with Gasteiger partial charge in [-0.15, -0.1) is 0 Å². The molecule has 2 aromatic rings. The smallest absolute Gasteiger partial charge is 0.308 e. The lowest BCUT2D eigenvalue weighted by Crippen LogP contribution is -2.44. The van der Waals surface area contributed by atoms with Crippen molar-refractivity contribution >= 4 is 11.9 Å². The number of amides is 1. The molecule has 2 aliphatic heterocycles. The number of fused-ring (bicyclic) bond motifs is 1. The van der Waals surface area contributed by atoms with Crippen molar-refractivity contribution < 1.29 is 24.3 Å². The summed E-state index contributed by atoms with van der Waals surface area (Å²) in [6, 6.07) is 11.5. The first-order valence-corrected chi connectivity index (χ1v) is 13.1. The number of hydrogen-bond acceptors (Lipinski definition) is 6. The molecule has 1 aromatic heterocycles. The predicted octanol–water partition coefficient (Wildman–Crippen LogP) is 3.70. The maximum absolute atomic E-state index is 13.3. The van der Waals surface area contributed by atoms with Gasteiger partial charge in [-0.05, 0) is 55.0 Å². The van der Waals surface area contributed by atoms with Gasteiger partial charge in [-0.1, -0.05) is 32.0 Å². The van der Waals surface area contributed by atoms with Gasteiger partial charge >= 0.3 is 5.97 Å². The molecule has 194 valence electrons. The molecule has 1 saturated heterocycles. The van der Waals surface area contributed by atoms with Crippen LogP contribution in [-0.2, 0) is 27.3 Å². The number of carbonyl (C=O) groups is 2. The van der Waals surface area contributed by atoms with Crippen LogP contribution in [0.1, 0.15) is 55.8 Å². The number of carbonyl (C=O) groups excluding carboxylic acids is 1. The Morgan fingerprint density at radius 3 is 2.81 bits per heavy atom. The Kier molecular flexibility index (Phi) is 8.93. The molecule has 1 fully saturated rings. The number of aliphatic carboxylic acids is 1. The maximum Gasteiger partial charge on any atom is 0.308 e. The molecule has 8 heteroatoms. The van der Waals surface area contributed by atoms with E-state index in [9.17, 15) is 14.7 Å². The highest BCUT2D eigenvalue weighted by Crippen LogP contribution is 2.41. The second-order valence-corrected chi connectivity index (χ2v) is 9.62. The Balaban J connectivity index is 1.59. The molecule has 36 heavy (non-hydrogen) atoms. The van der Waals surface area contributed by atoms with Crippen molar-refractivity contribution in [2.45, 2.75) is 57.9 Å². The lowest BCUT2D eigenvalue weighted by molar-refractivity contribution is -0.188. The summed E-state index contributed by atoms with van der Waals surface area (Å²) >= 11 is 0. The Bertz CT molecular complexity index is 1030. The van der Waals surface area contributed by atoms with E-state index < -0.39 is 11.9 Å². The molecule has 8 nitrogen and oxygen atoms in total. The van der Waals surface area contributed by atoms with E-state index >= 15 is 0 Å². The van der Waals surface area contributed by atoms with E-state index in [2.05, 4.69) is 16.0 Å². The van der Waals surface area contributed by atoms with Gasteiger partial charge in [-0.2, -0.15) is 0 Å². The van der Waals surface area contributed by atoms with E-state index in [1.807, 2.05) is 44.2 Å². The normalized spacial score (nSPS) is 21.2. The van der Waals surface area contributed by atoms with Gasteiger partial charge in [-0.25, -0.2) is 5.06 Å². The van der Waals surface area contributed by atoms with Crippen molar-refractivity contribution in [3.05, 3.63) is 59.4 Å². The zero-order valence-electron chi connectivity index (χ0n) is 21.3. The summed E-state index contributed by atoms with van der Waals surface area (Å²) < 4.78 is 5.66. The lowest BCUT2D eigenvalue weighted by Gasteiger charge is -2.29. The summed E-state index contributed by atoms with van der Waals surface area (Å²) in [4.78, 5) is 38.1. The number of nitrogens with zero attached hydrogens (tertiary/aromatic N) is 3. The Morgan fingerprint density at radius 2 is 2.08 bits per heavy atom. The zero-order valence-corrected chi connectivity index (χ0v) is 21.3. The molecular weight excluding hydrogens is 458 g/mol. The van der Waals surface area contributed by atoms with Gasteiger partial charge in [0.15, 0.2) is 0 Å². The van der Waals surface area contributed by atoms with Crippen molar-refractivity contribution in [3.8, 4) is 5.75 Å². The monoisotopic (exact) mass is 495 g/mol. The van der Waals surface area contributed by atoms with E-state index in [0.29, 0.717) is 39.1 Å². The van der Waals surface area contributed by atoms with Crippen LogP contribution in [0, 0.1) is 5.92 Å². The number of ether oxygens (including phenoxy) is 1. The molecule has 0 aliphatic carbocycles. The zero-order chi connectivity index (χ0) is 25.5. The minimum Gasteiger partial charge on any atom is -0.493 e. The molecule has 3 heterocycles. The number of benzene rings is 1. The van der Waals surface area contributed by atoms with Crippen LogP contribution in [0.5, 0.6) is 5.75 Å². The third-order valence-electron chi connectivity index (χ3n) is 7.09. The van der Waals surface area contributed by atoms with Crippen molar-refractivity contribution in [2.24, 2.45) is 5.92 Å². The van der Waals surface area contributed by atoms with Crippen molar-refractivity contribution in [1.29, 1.82) is 0 Å². The summed E-state index contributed by atoms with van der Waals surface area (Å²) in [6.07, 6.45) is 5.44. The molecule has 0 bridgehead atoms. The molecule has 1 unspecified atom stereocenters. The fraction of sp³-hybridized carbons (Fsp3) is 0.536. The van der Waals surface area contributed by atoms with Crippen molar-refractivity contribution in [3.63, 3.8) is 0 Å². The molecule has 3 atom stereocenters. The molecule has 2 aliphatic rings. The topological polar surface area (TPSA) is 92.2 Å². The summed E-state index contributed by atoms with van der Waals surface area (Å²) in [6.45, 7) is 6.30. The van der Waals surface area contributed by atoms with Gasteiger partial charge in [0, 0.05) is 43.4 Å². The molecular formula is C28H37N3O5. The number of carboxylic acid groups (broad SMARTS) is 1. The molecule has 4 rings (SSSR count). The first kappa shape index (κ1) is 26.1. The van der Waals surface area contributed by atoms with Gasteiger partial charge in [0.25, 0.3) is 5.91 Å². The molecule has 1 aromatic carbocycles. The fourth-order valence-electron chi connectivity index (χ4n) is 5.39. The largest absolute Gasteiger partial charge is 0.493 e. The fourth-order valence-corrected chi connectivity index (χ4v) is 5.39. The van der Waals surface area contributed by atoms with Crippen LogP contribution < -0.4 is 4.74 Å². The van der Waals surface area contributed by atoms with Gasteiger partial charge < -0.3 is 9.84 Å². The second-order valence-electron chi connectivity index (χ2n) is 9.62. The van der Waals surface area contributed by atoms with Crippen LogP contribution >= 0.6 is 0 Å².